The van der Waals surface area contributed by atoms with Crippen LogP contribution in [0.4, 0.5) is 11.5 Å². The number of aromatic nitrogens is 1. The molecule has 5 heteroatoms. The highest BCUT2D eigenvalue weighted by Gasteiger charge is 2.17. The highest BCUT2D eigenvalue weighted by Crippen LogP contribution is 2.25. The Balaban J connectivity index is 2.54. The number of anilines is 2. The van der Waals surface area contributed by atoms with Crippen LogP contribution in [0.2, 0.25) is 0 Å². The van der Waals surface area contributed by atoms with Crippen molar-refractivity contribution < 1.29 is 4.74 Å². The zero-order chi connectivity index (χ0) is 12.9. The lowest BCUT2D eigenvalue weighted by Gasteiger charge is -2.25. The summed E-state index contributed by atoms with van der Waals surface area (Å²) in [5.74, 6) is 0.824. The number of hydrogen-bond acceptors (Lipinski definition) is 4. The van der Waals surface area contributed by atoms with Gasteiger partial charge < -0.3 is 15.8 Å². The van der Waals surface area contributed by atoms with Crippen LogP contribution in [-0.4, -0.2) is 25.2 Å². The molecule has 0 unspecified atom stereocenters. The number of nitrogens with one attached hydrogen (secondary N) is 1. The SMILES string of the molecule is COCCC(C)(C)CNc1ncc(N)cc1Br. The van der Waals surface area contributed by atoms with Gasteiger partial charge in [-0.25, -0.2) is 4.98 Å². The molecule has 0 aliphatic carbocycles. The fraction of sp³-hybridized carbons (Fsp3) is 0.583. The maximum atomic E-state index is 5.64. The van der Waals surface area contributed by atoms with Gasteiger partial charge in [-0.1, -0.05) is 13.8 Å². The lowest BCUT2D eigenvalue weighted by molar-refractivity contribution is 0.157. The van der Waals surface area contributed by atoms with Gasteiger partial charge >= 0.3 is 0 Å². The van der Waals surface area contributed by atoms with E-state index in [1.54, 1.807) is 13.3 Å². The molecule has 0 aliphatic heterocycles. The van der Waals surface area contributed by atoms with Crippen molar-refractivity contribution >= 4 is 27.4 Å². The molecular weight excluding hydrogens is 282 g/mol. The molecule has 0 aromatic carbocycles. The molecule has 17 heavy (non-hydrogen) atoms. The third-order valence-electron chi connectivity index (χ3n) is 2.58. The number of hydrogen-bond donors (Lipinski definition) is 2. The molecule has 0 saturated carbocycles. The molecule has 1 aromatic rings. The van der Waals surface area contributed by atoms with E-state index in [9.17, 15) is 0 Å². The van der Waals surface area contributed by atoms with Crippen LogP contribution in [0.15, 0.2) is 16.7 Å². The summed E-state index contributed by atoms with van der Waals surface area (Å²) in [4.78, 5) is 4.25. The second-order valence-corrected chi connectivity index (χ2v) is 5.71. The monoisotopic (exact) mass is 301 g/mol. The standard InChI is InChI=1S/C12H20BrN3O/c1-12(2,4-5-17-3)8-16-11-10(13)6-9(14)7-15-11/h6-7H,4-5,8,14H2,1-3H3,(H,15,16). The van der Waals surface area contributed by atoms with Gasteiger partial charge in [-0.3, -0.25) is 0 Å². The Morgan fingerprint density at radius 3 is 2.82 bits per heavy atom. The average molecular weight is 302 g/mol. The van der Waals surface area contributed by atoms with E-state index in [1.165, 1.54) is 0 Å². The smallest absolute Gasteiger partial charge is 0.140 e. The van der Waals surface area contributed by atoms with Crippen molar-refractivity contribution in [2.45, 2.75) is 20.3 Å². The number of nitrogen functional groups attached to an aromatic ring is 1. The van der Waals surface area contributed by atoms with E-state index in [1.807, 2.05) is 6.07 Å². The van der Waals surface area contributed by atoms with Gasteiger partial charge in [0.1, 0.15) is 5.82 Å². The van der Waals surface area contributed by atoms with E-state index in [-0.39, 0.29) is 5.41 Å². The molecule has 0 aliphatic rings. The molecule has 0 amide bonds. The van der Waals surface area contributed by atoms with E-state index in [2.05, 4.69) is 40.1 Å². The quantitative estimate of drug-likeness (QED) is 0.848. The van der Waals surface area contributed by atoms with Crippen molar-refractivity contribution in [3.05, 3.63) is 16.7 Å². The summed E-state index contributed by atoms with van der Waals surface area (Å²) in [6.45, 7) is 6.01. The lowest BCUT2D eigenvalue weighted by atomic mass is 9.90. The predicted molar refractivity (Wildman–Crippen MR) is 75.1 cm³/mol. The molecule has 0 bridgehead atoms. The molecule has 1 aromatic heterocycles. The number of rotatable bonds is 6. The first-order valence-electron chi connectivity index (χ1n) is 5.58. The van der Waals surface area contributed by atoms with Crippen molar-refractivity contribution in [3.8, 4) is 0 Å². The maximum absolute atomic E-state index is 5.64. The summed E-state index contributed by atoms with van der Waals surface area (Å²) in [7, 11) is 1.72. The van der Waals surface area contributed by atoms with Gasteiger partial charge in [0.2, 0.25) is 0 Å². The first-order valence-corrected chi connectivity index (χ1v) is 6.38. The van der Waals surface area contributed by atoms with Crippen LogP contribution in [0.3, 0.4) is 0 Å². The second-order valence-electron chi connectivity index (χ2n) is 4.86. The van der Waals surface area contributed by atoms with Crippen LogP contribution in [0.25, 0.3) is 0 Å². The third kappa shape index (κ3) is 4.91. The van der Waals surface area contributed by atoms with Crippen LogP contribution in [0.1, 0.15) is 20.3 Å². The zero-order valence-corrected chi connectivity index (χ0v) is 12.2. The summed E-state index contributed by atoms with van der Waals surface area (Å²) in [6.07, 6.45) is 2.65. The van der Waals surface area contributed by atoms with E-state index >= 15 is 0 Å². The highest BCUT2D eigenvalue weighted by atomic mass is 79.9. The van der Waals surface area contributed by atoms with Gasteiger partial charge in [0, 0.05) is 20.3 Å². The van der Waals surface area contributed by atoms with Crippen molar-refractivity contribution in [2.75, 3.05) is 31.3 Å². The number of nitrogens with zero attached hydrogens (tertiary/aromatic N) is 1. The molecule has 3 N–H and O–H groups in total. The van der Waals surface area contributed by atoms with Crippen molar-refractivity contribution in [3.63, 3.8) is 0 Å². The van der Waals surface area contributed by atoms with Crippen LogP contribution < -0.4 is 11.1 Å². The number of halogens is 1. The summed E-state index contributed by atoms with van der Waals surface area (Å²) < 4.78 is 5.99. The van der Waals surface area contributed by atoms with Crippen molar-refractivity contribution in [1.82, 2.24) is 4.98 Å². The number of nitrogens with two attached hydrogens (primary N) is 1. The van der Waals surface area contributed by atoms with Crippen molar-refractivity contribution in [2.24, 2.45) is 5.41 Å². The van der Waals surface area contributed by atoms with Crippen LogP contribution in [-0.2, 0) is 4.74 Å². The predicted octanol–water partition coefficient (Wildman–Crippen LogP) is 2.90. The molecule has 1 heterocycles. The molecule has 96 valence electrons. The van der Waals surface area contributed by atoms with Crippen LogP contribution in [0.5, 0.6) is 0 Å². The normalized spacial score (nSPS) is 11.5. The van der Waals surface area contributed by atoms with Gasteiger partial charge in [-0.05, 0) is 33.8 Å². The molecule has 0 saturated heterocycles. The maximum Gasteiger partial charge on any atom is 0.140 e. The Morgan fingerprint density at radius 2 is 2.24 bits per heavy atom. The summed E-state index contributed by atoms with van der Waals surface area (Å²) in [6, 6.07) is 1.84. The number of pyridine rings is 1. The highest BCUT2D eigenvalue weighted by molar-refractivity contribution is 9.10. The Hall–Kier alpha value is -0.810. The van der Waals surface area contributed by atoms with Gasteiger partial charge in [0.25, 0.3) is 0 Å². The molecular formula is C12H20BrN3O. The minimum absolute atomic E-state index is 0.165. The largest absolute Gasteiger partial charge is 0.397 e. The van der Waals surface area contributed by atoms with E-state index < -0.39 is 0 Å². The molecule has 0 atom stereocenters. The Kier molecular flexibility index (Phi) is 5.21. The van der Waals surface area contributed by atoms with Crippen LogP contribution >= 0.6 is 15.9 Å². The summed E-state index contributed by atoms with van der Waals surface area (Å²) in [5.41, 5.74) is 6.46. The molecule has 0 spiro atoms. The fourth-order valence-corrected chi connectivity index (χ4v) is 1.88. The molecule has 0 fully saturated rings. The average Bonchev–Trinajstić information content (AvgIpc) is 2.25. The Bertz CT molecular complexity index is 369. The lowest BCUT2D eigenvalue weighted by Crippen LogP contribution is -2.25. The molecule has 4 nitrogen and oxygen atoms in total. The number of ether oxygens (including phenoxy) is 1. The van der Waals surface area contributed by atoms with E-state index in [0.29, 0.717) is 5.69 Å². The zero-order valence-electron chi connectivity index (χ0n) is 10.6. The van der Waals surface area contributed by atoms with E-state index in [0.717, 1.165) is 29.9 Å². The van der Waals surface area contributed by atoms with Crippen molar-refractivity contribution in [1.29, 1.82) is 0 Å². The second kappa shape index (κ2) is 6.21. The van der Waals surface area contributed by atoms with Gasteiger partial charge in [-0.2, -0.15) is 0 Å². The Labute approximate surface area is 111 Å². The summed E-state index contributed by atoms with van der Waals surface area (Å²) >= 11 is 3.44. The van der Waals surface area contributed by atoms with E-state index in [4.69, 9.17) is 10.5 Å². The Morgan fingerprint density at radius 1 is 1.53 bits per heavy atom. The number of methoxy groups -OCH3 is 1. The molecule has 0 radical (unpaired) electrons. The first-order chi connectivity index (χ1) is 7.94. The first kappa shape index (κ1) is 14.3. The third-order valence-corrected chi connectivity index (χ3v) is 3.18. The summed E-state index contributed by atoms with van der Waals surface area (Å²) in [5, 5.41) is 3.32. The minimum atomic E-state index is 0.165. The fourth-order valence-electron chi connectivity index (χ4n) is 1.37. The van der Waals surface area contributed by atoms with Crippen LogP contribution in [0, 0.1) is 5.41 Å². The van der Waals surface area contributed by atoms with Gasteiger partial charge in [-0.15, -0.1) is 0 Å². The topological polar surface area (TPSA) is 60.2 Å². The van der Waals surface area contributed by atoms with Gasteiger partial charge in [0.15, 0.2) is 0 Å². The molecule has 1 rings (SSSR count). The minimum Gasteiger partial charge on any atom is -0.397 e. The van der Waals surface area contributed by atoms with Gasteiger partial charge in [0.05, 0.1) is 16.4 Å².